The fourth-order valence-electron chi connectivity index (χ4n) is 2.51. The summed E-state index contributed by atoms with van der Waals surface area (Å²) in [5, 5.41) is 2.21. The average Bonchev–Trinajstić information content (AvgIpc) is 2.60. The van der Waals surface area contributed by atoms with E-state index < -0.39 is 23.8 Å². The summed E-state index contributed by atoms with van der Waals surface area (Å²) in [6.07, 6.45) is 1.30. The molecule has 4 amide bonds. The average molecular weight is 335 g/mol. The minimum absolute atomic E-state index is 0.358. The van der Waals surface area contributed by atoms with Gasteiger partial charge in [0.2, 0.25) is 5.91 Å². The maximum Gasteiger partial charge on any atom is 0.335 e. The maximum atomic E-state index is 12.6. The number of barbiturate groups is 1. The van der Waals surface area contributed by atoms with Crippen LogP contribution in [-0.4, -0.2) is 24.1 Å². The molecule has 1 N–H and O–H groups in total. The Morgan fingerprint density at radius 3 is 2.40 bits per heavy atom. The van der Waals surface area contributed by atoms with Crippen LogP contribution in [0.1, 0.15) is 11.1 Å². The van der Waals surface area contributed by atoms with Gasteiger partial charge in [-0.25, -0.2) is 9.69 Å². The second-order valence-corrected chi connectivity index (χ2v) is 5.76. The van der Waals surface area contributed by atoms with Crippen molar-refractivity contribution in [1.29, 1.82) is 0 Å². The van der Waals surface area contributed by atoms with Gasteiger partial charge in [-0.2, -0.15) is 0 Å². The van der Waals surface area contributed by atoms with E-state index in [1.165, 1.54) is 6.21 Å². The van der Waals surface area contributed by atoms with Crippen molar-refractivity contribution in [2.45, 2.75) is 13.5 Å². The molecule has 0 radical (unpaired) electrons. The first kappa shape index (κ1) is 16.6. The van der Waals surface area contributed by atoms with Gasteiger partial charge in [0.15, 0.2) is 5.92 Å². The second-order valence-electron chi connectivity index (χ2n) is 5.76. The van der Waals surface area contributed by atoms with Crippen molar-refractivity contribution >= 4 is 29.7 Å². The van der Waals surface area contributed by atoms with Crippen LogP contribution in [0.4, 0.5) is 10.5 Å². The topological polar surface area (TPSA) is 78.8 Å². The lowest BCUT2D eigenvalue weighted by atomic mass is 10.1. The molecule has 1 fully saturated rings. The SMILES string of the molecule is Cc1ccc(N2C(=O)NC(=O)[C@H](C=NCc3ccccc3)C2=O)cc1. The summed E-state index contributed by atoms with van der Waals surface area (Å²) in [5.74, 6) is -2.38. The Balaban J connectivity index is 1.79. The van der Waals surface area contributed by atoms with Gasteiger partial charge < -0.3 is 0 Å². The molecule has 0 aliphatic carbocycles. The highest BCUT2D eigenvalue weighted by Crippen LogP contribution is 2.20. The molecule has 2 aromatic carbocycles. The number of carbonyl (C=O) groups excluding carboxylic acids is 3. The standard InChI is InChI=1S/C19H17N3O3/c1-13-7-9-15(10-8-13)22-18(24)16(17(23)21-19(22)25)12-20-11-14-5-3-2-4-6-14/h2-10,12,16H,11H2,1H3,(H,21,23,25)/t16-/m0/s1. The summed E-state index contributed by atoms with van der Waals surface area (Å²) < 4.78 is 0. The van der Waals surface area contributed by atoms with E-state index in [2.05, 4.69) is 10.3 Å². The molecule has 0 spiro atoms. The highest BCUT2D eigenvalue weighted by Gasteiger charge is 2.40. The normalized spacial score (nSPS) is 17.9. The molecular weight excluding hydrogens is 318 g/mol. The first-order valence-corrected chi connectivity index (χ1v) is 7.85. The number of hydrogen-bond acceptors (Lipinski definition) is 4. The van der Waals surface area contributed by atoms with Crippen molar-refractivity contribution in [3.63, 3.8) is 0 Å². The molecule has 0 unspecified atom stereocenters. The number of nitrogens with one attached hydrogen (secondary N) is 1. The summed E-state index contributed by atoms with van der Waals surface area (Å²) in [6.45, 7) is 2.26. The number of hydrogen-bond donors (Lipinski definition) is 1. The van der Waals surface area contributed by atoms with Crippen molar-refractivity contribution in [3.05, 3.63) is 65.7 Å². The fraction of sp³-hybridized carbons (Fsp3) is 0.158. The molecule has 1 heterocycles. The molecule has 1 aliphatic rings. The van der Waals surface area contributed by atoms with E-state index in [1.54, 1.807) is 24.3 Å². The van der Waals surface area contributed by atoms with Gasteiger partial charge in [0, 0.05) is 6.21 Å². The smallest absolute Gasteiger partial charge is 0.291 e. The van der Waals surface area contributed by atoms with Crippen LogP contribution in [0.25, 0.3) is 0 Å². The van der Waals surface area contributed by atoms with Crippen LogP contribution in [0.2, 0.25) is 0 Å². The monoisotopic (exact) mass is 335 g/mol. The zero-order valence-corrected chi connectivity index (χ0v) is 13.7. The number of amides is 4. The van der Waals surface area contributed by atoms with E-state index in [-0.39, 0.29) is 0 Å². The highest BCUT2D eigenvalue weighted by molar-refractivity contribution is 6.32. The molecule has 0 bridgehead atoms. The molecule has 0 saturated carbocycles. The first-order valence-electron chi connectivity index (χ1n) is 7.85. The zero-order valence-electron chi connectivity index (χ0n) is 13.7. The summed E-state index contributed by atoms with van der Waals surface area (Å²) in [6, 6.07) is 15.7. The third kappa shape index (κ3) is 3.63. The van der Waals surface area contributed by atoms with E-state index in [0.717, 1.165) is 16.0 Å². The van der Waals surface area contributed by atoms with Crippen LogP contribution in [0, 0.1) is 12.8 Å². The quantitative estimate of drug-likeness (QED) is 0.688. The van der Waals surface area contributed by atoms with Gasteiger partial charge in [0.1, 0.15) is 0 Å². The predicted octanol–water partition coefficient (Wildman–Crippen LogP) is 2.47. The van der Waals surface area contributed by atoms with Crippen LogP contribution >= 0.6 is 0 Å². The second kappa shape index (κ2) is 7.09. The van der Waals surface area contributed by atoms with Gasteiger partial charge in [0.25, 0.3) is 5.91 Å². The number of rotatable bonds is 4. The molecule has 1 saturated heterocycles. The Hall–Kier alpha value is -3.28. The van der Waals surface area contributed by atoms with Crippen molar-refractivity contribution in [1.82, 2.24) is 5.32 Å². The molecule has 6 heteroatoms. The summed E-state index contributed by atoms with van der Waals surface area (Å²) in [4.78, 5) is 41.9. The summed E-state index contributed by atoms with van der Waals surface area (Å²) in [5.41, 5.74) is 2.39. The van der Waals surface area contributed by atoms with Gasteiger partial charge in [-0.05, 0) is 24.6 Å². The summed E-state index contributed by atoms with van der Waals surface area (Å²) >= 11 is 0. The van der Waals surface area contributed by atoms with Crippen LogP contribution in [0.5, 0.6) is 0 Å². The van der Waals surface area contributed by atoms with E-state index in [1.807, 2.05) is 37.3 Å². The number of anilines is 1. The Kier molecular flexibility index (Phi) is 4.70. The molecular formula is C19H17N3O3. The highest BCUT2D eigenvalue weighted by atomic mass is 16.2. The van der Waals surface area contributed by atoms with Gasteiger partial charge in [-0.1, -0.05) is 48.0 Å². The Morgan fingerprint density at radius 1 is 1.04 bits per heavy atom. The number of aliphatic imine (C=N–C) groups is 1. The molecule has 0 aromatic heterocycles. The van der Waals surface area contributed by atoms with Crippen molar-refractivity contribution in [2.24, 2.45) is 10.9 Å². The number of aryl methyl sites for hydroxylation is 1. The van der Waals surface area contributed by atoms with E-state index in [4.69, 9.17) is 0 Å². The third-order valence-corrected chi connectivity index (χ3v) is 3.87. The minimum atomic E-state index is -1.12. The van der Waals surface area contributed by atoms with Gasteiger partial charge in [-0.3, -0.25) is 19.9 Å². The molecule has 1 atom stereocenters. The summed E-state index contributed by atoms with van der Waals surface area (Å²) in [7, 11) is 0. The van der Waals surface area contributed by atoms with Crippen LogP contribution in [0.3, 0.4) is 0 Å². The Morgan fingerprint density at radius 2 is 1.72 bits per heavy atom. The molecule has 3 rings (SSSR count). The number of urea groups is 1. The maximum absolute atomic E-state index is 12.6. The molecule has 126 valence electrons. The zero-order chi connectivity index (χ0) is 17.8. The number of benzene rings is 2. The largest absolute Gasteiger partial charge is 0.335 e. The molecule has 1 aliphatic heterocycles. The Bertz CT molecular complexity index is 829. The van der Waals surface area contributed by atoms with Crippen molar-refractivity contribution in [3.8, 4) is 0 Å². The number of imide groups is 2. The first-order chi connectivity index (χ1) is 12.1. The van der Waals surface area contributed by atoms with Crippen molar-refractivity contribution < 1.29 is 14.4 Å². The van der Waals surface area contributed by atoms with Gasteiger partial charge in [-0.15, -0.1) is 0 Å². The molecule has 6 nitrogen and oxygen atoms in total. The lowest BCUT2D eigenvalue weighted by Crippen LogP contribution is -2.58. The lowest BCUT2D eigenvalue weighted by Gasteiger charge is -2.28. The van der Waals surface area contributed by atoms with Gasteiger partial charge >= 0.3 is 6.03 Å². The van der Waals surface area contributed by atoms with Crippen molar-refractivity contribution in [2.75, 3.05) is 4.90 Å². The number of nitrogens with zero attached hydrogens (tertiary/aromatic N) is 2. The van der Waals surface area contributed by atoms with Crippen LogP contribution in [0.15, 0.2) is 59.6 Å². The van der Waals surface area contributed by atoms with Crippen LogP contribution < -0.4 is 10.2 Å². The van der Waals surface area contributed by atoms with Crippen LogP contribution in [-0.2, 0) is 16.1 Å². The minimum Gasteiger partial charge on any atom is -0.291 e. The van der Waals surface area contributed by atoms with Gasteiger partial charge in [0.05, 0.1) is 12.2 Å². The number of carbonyl (C=O) groups is 3. The van der Waals surface area contributed by atoms with E-state index in [0.29, 0.717) is 12.2 Å². The molecule has 2 aromatic rings. The molecule has 25 heavy (non-hydrogen) atoms. The Labute approximate surface area is 145 Å². The fourth-order valence-corrected chi connectivity index (χ4v) is 2.51. The van der Waals surface area contributed by atoms with E-state index >= 15 is 0 Å². The predicted molar refractivity (Wildman–Crippen MR) is 94.3 cm³/mol. The lowest BCUT2D eigenvalue weighted by molar-refractivity contribution is -0.131. The van der Waals surface area contributed by atoms with E-state index in [9.17, 15) is 14.4 Å². The third-order valence-electron chi connectivity index (χ3n) is 3.87.